The van der Waals surface area contributed by atoms with Crippen LogP contribution in [-0.2, 0) is 21.1 Å². The fraction of sp³-hybridized carbons (Fsp3) is 0.280. The van der Waals surface area contributed by atoms with E-state index in [2.05, 4.69) is 10.3 Å². The molecule has 180 valence electrons. The Balaban J connectivity index is 1.77. The minimum absolute atomic E-state index is 0.0202. The van der Waals surface area contributed by atoms with E-state index >= 15 is 0 Å². The molecular weight excluding hydrogens is 468 g/mol. The zero-order chi connectivity index (χ0) is 25.2. The SMILES string of the molecule is CCc1ccc(Oc2nc3c(C)cccn3c(=O)c2/C=C(\C#N)C(=O)N[C@H]2CCS(=O)(=O)C2)cc1. The molecular formula is C25H24N4O5S. The number of amides is 1. The number of ether oxygens (including phenoxy) is 1. The number of pyridine rings is 1. The van der Waals surface area contributed by atoms with Gasteiger partial charge in [0.2, 0.25) is 5.88 Å². The number of nitriles is 1. The summed E-state index contributed by atoms with van der Waals surface area (Å²) in [4.78, 5) is 30.6. The molecule has 0 saturated carbocycles. The molecule has 4 rings (SSSR count). The summed E-state index contributed by atoms with van der Waals surface area (Å²) in [6.07, 6.45) is 3.81. The van der Waals surface area contributed by atoms with Crippen molar-refractivity contribution in [3.63, 3.8) is 0 Å². The number of sulfone groups is 1. The number of fused-ring (bicyclic) bond motifs is 1. The lowest BCUT2D eigenvalue weighted by molar-refractivity contribution is -0.117. The Labute approximate surface area is 202 Å². The minimum atomic E-state index is -3.21. The number of nitrogens with zero attached hydrogens (tertiary/aromatic N) is 3. The molecule has 1 fully saturated rings. The molecule has 0 spiro atoms. The highest BCUT2D eigenvalue weighted by Gasteiger charge is 2.30. The Morgan fingerprint density at radius 3 is 2.69 bits per heavy atom. The van der Waals surface area contributed by atoms with E-state index in [9.17, 15) is 23.3 Å². The van der Waals surface area contributed by atoms with E-state index in [1.165, 1.54) is 4.40 Å². The van der Waals surface area contributed by atoms with Crippen LogP contribution in [0.2, 0.25) is 0 Å². The van der Waals surface area contributed by atoms with E-state index in [4.69, 9.17) is 4.74 Å². The van der Waals surface area contributed by atoms with Gasteiger partial charge in [0.25, 0.3) is 11.5 Å². The summed E-state index contributed by atoms with van der Waals surface area (Å²) < 4.78 is 30.7. The van der Waals surface area contributed by atoms with Crippen LogP contribution < -0.4 is 15.6 Å². The van der Waals surface area contributed by atoms with Crippen LogP contribution >= 0.6 is 0 Å². The summed E-state index contributed by atoms with van der Waals surface area (Å²) in [6, 6.07) is 12.0. The van der Waals surface area contributed by atoms with Crippen LogP contribution in [0.1, 0.15) is 30.0 Å². The third-order valence-corrected chi connectivity index (χ3v) is 7.58. The predicted octanol–water partition coefficient (Wildman–Crippen LogP) is 2.57. The molecule has 1 amide bonds. The van der Waals surface area contributed by atoms with Gasteiger partial charge < -0.3 is 10.1 Å². The van der Waals surface area contributed by atoms with E-state index in [0.717, 1.165) is 23.6 Å². The van der Waals surface area contributed by atoms with Crippen LogP contribution in [0.5, 0.6) is 11.6 Å². The average molecular weight is 493 g/mol. The van der Waals surface area contributed by atoms with Crippen LogP contribution in [0, 0.1) is 18.3 Å². The van der Waals surface area contributed by atoms with E-state index < -0.39 is 27.3 Å². The molecule has 0 bridgehead atoms. The number of benzene rings is 1. The van der Waals surface area contributed by atoms with Crippen molar-refractivity contribution in [1.82, 2.24) is 14.7 Å². The molecule has 1 aliphatic rings. The van der Waals surface area contributed by atoms with Crippen LogP contribution in [0.25, 0.3) is 11.7 Å². The molecule has 9 nitrogen and oxygen atoms in total. The highest BCUT2D eigenvalue weighted by atomic mass is 32.2. The van der Waals surface area contributed by atoms with Crippen LogP contribution in [0.3, 0.4) is 0 Å². The largest absolute Gasteiger partial charge is 0.438 e. The number of aromatic nitrogens is 2. The topological polar surface area (TPSA) is 131 Å². The standard InChI is InChI=1S/C25H24N4O5S/c1-3-17-6-8-20(9-7-17)34-24-21(25(31)29-11-4-5-16(2)22(29)28-24)13-18(14-26)23(30)27-19-10-12-35(32,33)15-19/h4-9,11,13,19H,3,10,12,15H2,1-2H3,(H,27,30)/b18-13+/t19-/m0/s1. The second kappa shape index (κ2) is 9.72. The molecule has 3 aromatic rings. The maximum absolute atomic E-state index is 13.4. The molecule has 0 unspecified atom stereocenters. The number of hydrogen-bond acceptors (Lipinski definition) is 7. The van der Waals surface area contributed by atoms with Gasteiger partial charge in [0.15, 0.2) is 9.84 Å². The number of aryl methyl sites for hydroxylation is 2. The molecule has 0 radical (unpaired) electrons. The van der Waals surface area contributed by atoms with Gasteiger partial charge in [-0.1, -0.05) is 25.1 Å². The molecule has 1 aromatic carbocycles. The second-order valence-electron chi connectivity index (χ2n) is 8.36. The normalized spacial score (nSPS) is 17.2. The molecule has 0 aliphatic carbocycles. The van der Waals surface area contributed by atoms with Gasteiger partial charge in [0.05, 0.1) is 11.5 Å². The lowest BCUT2D eigenvalue weighted by Gasteiger charge is -2.13. The first-order chi connectivity index (χ1) is 16.7. The van der Waals surface area contributed by atoms with Gasteiger partial charge in [-0.3, -0.25) is 14.0 Å². The summed E-state index contributed by atoms with van der Waals surface area (Å²) in [5.41, 5.74) is 1.30. The van der Waals surface area contributed by atoms with Crippen molar-refractivity contribution < 1.29 is 17.9 Å². The van der Waals surface area contributed by atoms with Crippen molar-refractivity contribution >= 4 is 27.5 Å². The summed E-state index contributed by atoms with van der Waals surface area (Å²) in [7, 11) is -3.21. The van der Waals surface area contributed by atoms with Crippen LogP contribution in [-0.4, -0.2) is 41.3 Å². The lowest BCUT2D eigenvalue weighted by Crippen LogP contribution is -2.36. The van der Waals surface area contributed by atoms with E-state index in [1.54, 1.807) is 43.5 Å². The van der Waals surface area contributed by atoms with E-state index in [0.29, 0.717) is 11.4 Å². The van der Waals surface area contributed by atoms with Gasteiger partial charge in [-0.25, -0.2) is 8.42 Å². The molecule has 1 aliphatic heterocycles. The zero-order valence-corrected chi connectivity index (χ0v) is 20.1. The van der Waals surface area contributed by atoms with E-state index in [1.807, 2.05) is 19.1 Å². The maximum atomic E-state index is 13.4. The second-order valence-corrected chi connectivity index (χ2v) is 10.6. The van der Waals surface area contributed by atoms with Gasteiger partial charge in [0, 0.05) is 12.2 Å². The summed E-state index contributed by atoms with van der Waals surface area (Å²) >= 11 is 0. The van der Waals surface area contributed by atoms with Gasteiger partial charge in [0.1, 0.15) is 28.6 Å². The summed E-state index contributed by atoms with van der Waals surface area (Å²) in [5, 5.41) is 12.2. The Morgan fingerprint density at radius 1 is 1.31 bits per heavy atom. The highest BCUT2D eigenvalue weighted by Crippen LogP contribution is 2.25. The number of rotatable bonds is 6. The summed E-state index contributed by atoms with van der Waals surface area (Å²) in [5.74, 6) is -0.563. The van der Waals surface area contributed by atoms with Crippen molar-refractivity contribution in [2.75, 3.05) is 11.5 Å². The molecule has 1 saturated heterocycles. The summed E-state index contributed by atoms with van der Waals surface area (Å²) in [6.45, 7) is 3.84. The van der Waals surface area contributed by atoms with Crippen LogP contribution in [0.4, 0.5) is 0 Å². The van der Waals surface area contributed by atoms with Gasteiger partial charge >= 0.3 is 0 Å². The molecule has 1 N–H and O–H groups in total. The Hall–Kier alpha value is -3.97. The average Bonchev–Trinajstić information content (AvgIpc) is 3.18. The maximum Gasteiger partial charge on any atom is 0.269 e. The molecule has 3 heterocycles. The first kappa shape index (κ1) is 24.2. The third kappa shape index (κ3) is 5.25. The number of carbonyl (C=O) groups is 1. The van der Waals surface area contributed by atoms with Crippen molar-refractivity contribution in [2.45, 2.75) is 32.7 Å². The Kier molecular flexibility index (Phi) is 6.71. The monoisotopic (exact) mass is 492 g/mol. The Bertz CT molecular complexity index is 1530. The Morgan fingerprint density at radius 2 is 2.06 bits per heavy atom. The third-order valence-electron chi connectivity index (χ3n) is 5.82. The van der Waals surface area contributed by atoms with Crippen molar-refractivity contribution in [2.24, 2.45) is 0 Å². The zero-order valence-electron chi connectivity index (χ0n) is 19.3. The predicted molar refractivity (Wildman–Crippen MR) is 131 cm³/mol. The van der Waals surface area contributed by atoms with Gasteiger partial charge in [-0.15, -0.1) is 0 Å². The van der Waals surface area contributed by atoms with Crippen molar-refractivity contribution in [3.8, 4) is 17.7 Å². The minimum Gasteiger partial charge on any atom is -0.438 e. The van der Waals surface area contributed by atoms with Crippen molar-refractivity contribution in [1.29, 1.82) is 5.26 Å². The van der Waals surface area contributed by atoms with E-state index in [-0.39, 0.29) is 34.9 Å². The number of carbonyl (C=O) groups excluding carboxylic acids is 1. The molecule has 35 heavy (non-hydrogen) atoms. The first-order valence-electron chi connectivity index (χ1n) is 11.1. The lowest BCUT2D eigenvalue weighted by atomic mass is 10.1. The number of hydrogen-bond donors (Lipinski definition) is 1. The van der Waals surface area contributed by atoms with Crippen molar-refractivity contribution in [3.05, 3.63) is 75.2 Å². The highest BCUT2D eigenvalue weighted by molar-refractivity contribution is 7.91. The van der Waals surface area contributed by atoms with Gasteiger partial charge in [-0.2, -0.15) is 10.2 Å². The quantitative estimate of drug-likeness (QED) is 0.413. The van der Waals surface area contributed by atoms with Gasteiger partial charge in [-0.05, 0) is 55.2 Å². The van der Waals surface area contributed by atoms with Crippen LogP contribution in [0.15, 0.2) is 53.0 Å². The fourth-order valence-electron chi connectivity index (χ4n) is 3.86. The molecule has 10 heteroatoms. The first-order valence-corrected chi connectivity index (χ1v) is 12.9. The fourth-order valence-corrected chi connectivity index (χ4v) is 5.54. The smallest absolute Gasteiger partial charge is 0.269 e. The number of nitrogens with one attached hydrogen (secondary N) is 1. The molecule has 1 atom stereocenters. The molecule has 2 aromatic heterocycles.